The highest BCUT2D eigenvalue weighted by atomic mass is 32.2. The monoisotopic (exact) mass is 355 g/mol. The molecule has 2 aliphatic heterocycles. The Morgan fingerprint density at radius 2 is 1.88 bits per heavy atom. The summed E-state index contributed by atoms with van der Waals surface area (Å²) in [7, 11) is 0.263. The Balaban J connectivity index is 1.61. The molecule has 2 saturated heterocycles. The van der Waals surface area contributed by atoms with Crippen LogP contribution in [0, 0.1) is 5.41 Å². The van der Waals surface area contributed by atoms with Gasteiger partial charge in [-0.2, -0.15) is 5.10 Å². The lowest BCUT2D eigenvalue weighted by Crippen LogP contribution is -2.61. The van der Waals surface area contributed by atoms with Gasteiger partial charge in [-0.3, -0.25) is 9.48 Å². The number of amides is 3. The van der Waals surface area contributed by atoms with Gasteiger partial charge in [0.2, 0.25) is 0 Å². The Morgan fingerprint density at radius 1 is 1.25 bits per heavy atom. The number of aromatic nitrogens is 2. The van der Waals surface area contributed by atoms with Gasteiger partial charge in [-0.15, -0.1) is 0 Å². The third kappa shape index (κ3) is 3.10. The Bertz CT molecular complexity index is 763. The van der Waals surface area contributed by atoms with Crippen molar-refractivity contribution >= 4 is 27.5 Å². The van der Waals surface area contributed by atoms with Crippen LogP contribution in [0.2, 0.25) is 0 Å². The Morgan fingerprint density at radius 3 is 2.46 bits per heavy atom. The fraction of sp³-hybridized carbons (Fsp3) is 0.643. The van der Waals surface area contributed by atoms with Crippen LogP contribution < -0.4 is 10.6 Å². The van der Waals surface area contributed by atoms with E-state index in [1.54, 1.807) is 18.1 Å². The van der Waals surface area contributed by atoms with Gasteiger partial charge in [-0.25, -0.2) is 13.2 Å². The molecule has 0 saturated carbocycles. The van der Waals surface area contributed by atoms with Crippen LogP contribution in [0.5, 0.6) is 0 Å². The second-order valence-corrected chi connectivity index (χ2v) is 8.89. The molecule has 0 radical (unpaired) electrons. The standard InChI is InChI=1S/C14H21N5O4S/c1-15-12(20)11-10(7-18(2)17-11)16-13(21)19-8-14(9-19)3-5-24(22,23)6-4-14/h7H,3-6,8-9H2,1-2H3,(H,15,20)(H,16,21). The summed E-state index contributed by atoms with van der Waals surface area (Å²) < 4.78 is 24.5. The second kappa shape index (κ2) is 5.76. The quantitative estimate of drug-likeness (QED) is 0.764. The van der Waals surface area contributed by atoms with Gasteiger partial charge in [0.25, 0.3) is 5.91 Å². The molecule has 24 heavy (non-hydrogen) atoms. The van der Waals surface area contributed by atoms with Crippen molar-refractivity contribution in [2.24, 2.45) is 12.5 Å². The Labute approximate surface area is 140 Å². The van der Waals surface area contributed by atoms with Crippen molar-refractivity contribution < 1.29 is 18.0 Å². The molecule has 2 aliphatic rings. The molecule has 10 heteroatoms. The van der Waals surface area contributed by atoms with Crippen molar-refractivity contribution in [2.75, 3.05) is 37.0 Å². The summed E-state index contributed by atoms with van der Waals surface area (Å²) in [6.45, 7) is 1.09. The van der Waals surface area contributed by atoms with Crippen LogP contribution in [-0.4, -0.2) is 66.7 Å². The molecule has 1 aromatic heterocycles. The van der Waals surface area contributed by atoms with Gasteiger partial charge in [0.05, 0.1) is 17.2 Å². The van der Waals surface area contributed by atoms with E-state index in [0.717, 1.165) is 0 Å². The number of anilines is 1. The lowest BCUT2D eigenvalue weighted by molar-refractivity contribution is 0.0284. The van der Waals surface area contributed by atoms with Crippen molar-refractivity contribution in [3.63, 3.8) is 0 Å². The summed E-state index contributed by atoms with van der Waals surface area (Å²) in [5.41, 5.74) is 0.447. The molecular weight excluding hydrogens is 334 g/mol. The molecule has 0 aliphatic carbocycles. The average Bonchev–Trinajstić information content (AvgIpc) is 2.85. The SMILES string of the molecule is CNC(=O)c1nn(C)cc1NC(=O)N1CC2(CCS(=O)(=O)CC2)C1. The van der Waals surface area contributed by atoms with Gasteiger partial charge in [-0.05, 0) is 12.8 Å². The van der Waals surface area contributed by atoms with Crippen LogP contribution in [0.25, 0.3) is 0 Å². The number of urea groups is 1. The van der Waals surface area contributed by atoms with Gasteiger partial charge in [-0.1, -0.05) is 0 Å². The molecule has 0 atom stereocenters. The van der Waals surface area contributed by atoms with E-state index >= 15 is 0 Å². The second-order valence-electron chi connectivity index (χ2n) is 6.58. The number of likely N-dealkylation sites (tertiary alicyclic amines) is 1. The molecule has 1 aromatic rings. The number of hydrogen-bond acceptors (Lipinski definition) is 5. The third-order valence-electron chi connectivity index (χ3n) is 4.74. The summed E-state index contributed by atoms with van der Waals surface area (Å²) in [6.07, 6.45) is 2.79. The zero-order chi connectivity index (χ0) is 17.5. The topological polar surface area (TPSA) is 113 Å². The van der Waals surface area contributed by atoms with E-state index in [0.29, 0.717) is 31.6 Å². The van der Waals surface area contributed by atoms with Gasteiger partial charge in [0.1, 0.15) is 9.84 Å². The molecule has 9 nitrogen and oxygen atoms in total. The maximum atomic E-state index is 12.3. The lowest BCUT2D eigenvalue weighted by atomic mass is 9.75. The summed E-state index contributed by atoms with van der Waals surface area (Å²) in [4.78, 5) is 25.8. The van der Waals surface area contributed by atoms with Crippen LogP contribution >= 0.6 is 0 Å². The maximum absolute atomic E-state index is 12.3. The minimum absolute atomic E-state index is 0.0682. The summed E-state index contributed by atoms with van der Waals surface area (Å²) >= 11 is 0. The summed E-state index contributed by atoms with van der Waals surface area (Å²) in [6, 6.07) is -0.299. The molecule has 3 heterocycles. The van der Waals surface area contributed by atoms with E-state index in [1.807, 2.05) is 0 Å². The van der Waals surface area contributed by atoms with Crippen LogP contribution in [0.3, 0.4) is 0 Å². The highest BCUT2D eigenvalue weighted by molar-refractivity contribution is 7.91. The number of carbonyl (C=O) groups is 2. The van der Waals surface area contributed by atoms with Gasteiger partial charge >= 0.3 is 6.03 Å². The number of aryl methyl sites for hydroxylation is 1. The van der Waals surface area contributed by atoms with Gasteiger partial charge < -0.3 is 15.5 Å². The first kappa shape index (κ1) is 16.7. The highest BCUT2D eigenvalue weighted by Crippen LogP contribution is 2.41. The van der Waals surface area contributed by atoms with Crippen LogP contribution in [0.4, 0.5) is 10.5 Å². The fourth-order valence-electron chi connectivity index (χ4n) is 3.25. The number of hydrogen-bond donors (Lipinski definition) is 2. The first-order valence-electron chi connectivity index (χ1n) is 7.76. The molecular formula is C14H21N5O4S. The smallest absolute Gasteiger partial charge is 0.321 e. The van der Waals surface area contributed by atoms with Crippen molar-refractivity contribution in [1.29, 1.82) is 0 Å². The number of nitrogens with one attached hydrogen (secondary N) is 2. The largest absolute Gasteiger partial charge is 0.354 e. The number of nitrogens with zero attached hydrogens (tertiary/aromatic N) is 3. The zero-order valence-electron chi connectivity index (χ0n) is 13.7. The van der Waals surface area contributed by atoms with E-state index in [2.05, 4.69) is 15.7 Å². The molecule has 0 bridgehead atoms. The number of carbonyl (C=O) groups excluding carboxylic acids is 2. The van der Waals surface area contributed by atoms with Crippen LogP contribution in [0.15, 0.2) is 6.20 Å². The summed E-state index contributed by atoms with van der Waals surface area (Å²) in [5.74, 6) is 0.0288. The van der Waals surface area contributed by atoms with Crippen LogP contribution in [0.1, 0.15) is 23.3 Å². The highest BCUT2D eigenvalue weighted by Gasteiger charge is 2.48. The summed E-state index contributed by atoms with van der Waals surface area (Å²) in [5, 5.41) is 9.24. The van der Waals surface area contributed by atoms with E-state index in [9.17, 15) is 18.0 Å². The van der Waals surface area contributed by atoms with E-state index < -0.39 is 9.84 Å². The number of sulfone groups is 1. The fourth-order valence-corrected chi connectivity index (χ4v) is 4.95. The minimum Gasteiger partial charge on any atom is -0.354 e. The van der Waals surface area contributed by atoms with E-state index in [4.69, 9.17) is 0 Å². The molecule has 0 aromatic carbocycles. The molecule has 132 valence electrons. The lowest BCUT2D eigenvalue weighted by Gasteiger charge is -2.51. The van der Waals surface area contributed by atoms with Gasteiger partial charge in [0.15, 0.2) is 5.69 Å². The zero-order valence-corrected chi connectivity index (χ0v) is 14.5. The van der Waals surface area contributed by atoms with Crippen molar-refractivity contribution in [3.8, 4) is 0 Å². The Kier molecular flexibility index (Phi) is 4.02. The van der Waals surface area contributed by atoms with Crippen molar-refractivity contribution in [2.45, 2.75) is 12.8 Å². The first-order valence-corrected chi connectivity index (χ1v) is 9.58. The van der Waals surface area contributed by atoms with Crippen molar-refractivity contribution in [1.82, 2.24) is 20.0 Å². The van der Waals surface area contributed by atoms with E-state index in [1.165, 1.54) is 11.7 Å². The minimum atomic E-state index is -2.91. The predicted molar refractivity (Wildman–Crippen MR) is 87.5 cm³/mol. The molecule has 3 rings (SSSR count). The average molecular weight is 355 g/mol. The normalized spacial score (nSPS) is 21.2. The molecule has 0 unspecified atom stereocenters. The maximum Gasteiger partial charge on any atom is 0.321 e. The number of rotatable bonds is 2. The van der Waals surface area contributed by atoms with Crippen LogP contribution in [-0.2, 0) is 16.9 Å². The Hall–Kier alpha value is -2.10. The predicted octanol–water partition coefficient (Wildman–Crippen LogP) is -0.178. The van der Waals surface area contributed by atoms with Crippen molar-refractivity contribution in [3.05, 3.63) is 11.9 Å². The molecule has 2 N–H and O–H groups in total. The van der Waals surface area contributed by atoms with E-state index in [-0.39, 0.29) is 34.6 Å². The van der Waals surface area contributed by atoms with Gasteiger partial charge in [0, 0.05) is 38.8 Å². The first-order chi connectivity index (χ1) is 11.2. The molecule has 3 amide bonds. The molecule has 2 fully saturated rings. The molecule has 1 spiro atoms. The third-order valence-corrected chi connectivity index (χ3v) is 6.39.